The normalized spacial score (nSPS) is 17.4. The van der Waals surface area contributed by atoms with E-state index in [0.29, 0.717) is 11.4 Å². The minimum absolute atomic E-state index is 0.0695. The largest absolute Gasteiger partial charge is 0.497 e. The summed E-state index contributed by atoms with van der Waals surface area (Å²) >= 11 is 1.51. The van der Waals surface area contributed by atoms with Crippen LogP contribution in [-0.2, 0) is 4.79 Å². The third-order valence-electron chi connectivity index (χ3n) is 3.36. The highest BCUT2D eigenvalue weighted by molar-refractivity contribution is 8.00. The van der Waals surface area contributed by atoms with Crippen LogP contribution in [0.4, 0.5) is 5.95 Å². The van der Waals surface area contributed by atoms with Crippen LogP contribution < -0.4 is 15.7 Å². The standard InChI is InChI=1S/C15H16N4O3S/c1-9-7-12(20)17-15(16-9)18-19-13(21)8-23-14(19)10-3-5-11(22-2)6-4-10/h3-7,14H,8H2,1-2H3,(H2,16,17,18,20)/t14-/m0/s1. The van der Waals surface area contributed by atoms with E-state index in [1.807, 2.05) is 24.3 Å². The number of carbonyl (C=O) groups is 1. The van der Waals surface area contributed by atoms with Crippen LogP contribution in [0.1, 0.15) is 16.6 Å². The predicted octanol–water partition coefficient (Wildman–Crippen LogP) is 1.69. The van der Waals surface area contributed by atoms with Crippen LogP contribution in [0.15, 0.2) is 35.1 Å². The molecule has 0 radical (unpaired) electrons. The van der Waals surface area contributed by atoms with E-state index in [9.17, 15) is 9.59 Å². The Morgan fingerprint density at radius 2 is 2.09 bits per heavy atom. The van der Waals surface area contributed by atoms with E-state index < -0.39 is 0 Å². The van der Waals surface area contributed by atoms with Crippen molar-refractivity contribution in [1.29, 1.82) is 0 Å². The molecule has 7 nitrogen and oxygen atoms in total. The minimum atomic E-state index is -0.264. The Morgan fingerprint density at radius 3 is 2.74 bits per heavy atom. The van der Waals surface area contributed by atoms with E-state index in [1.165, 1.54) is 22.8 Å². The van der Waals surface area contributed by atoms with E-state index in [0.717, 1.165) is 11.3 Å². The predicted molar refractivity (Wildman–Crippen MR) is 88.3 cm³/mol. The number of methoxy groups -OCH3 is 1. The molecule has 1 saturated heterocycles. The zero-order valence-electron chi connectivity index (χ0n) is 12.7. The van der Waals surface area contributed by atoms with Gasteiger partial charge in [-0.25, -0.2) is 9.99 Å². The van der Waals surface area contributed by atoms with Gasteiger partial charge in [0, 0.05) is 11.8 Å². The molecule has 23 heavy (non-hydrogen) atoms. The van der Waals surface area contributed by atoms with Crippen molar-refractivity contribution < 1.29 is 9.53 Å². The second-order valence-corrected chi connectivity index (χ2v) is 6.12. The van der Waals surface area contributed by atoms with Crippen LogP contribution >= 0.6 is 11.8 Å². The van der Waals surface area contributed by atoms with Gasteiger partial charge in [-0.1, -0.05) is 12.1 Å². The monoisotopic (exact) mass is 332 g/mol. The first-order chi connectivity index (χ1) is 11.1. The Bertz CT molecular complexity index is 775. The molecule has 0 saturated carbocycles. The van der Waals surface area contributed by atoms with Crippen LogP contribution in [0.5, 0.6) is 5.75 Å². The van der Waals surface area contributed by atoms with Crippen LogP contribution in [-0.4, -0.2) is 33.7 Å². The molecule has 2 N–H and O–H groups in total. The number of hydrogen-bond donors (Lipinski definition) is 2. The molecule has 0 spiro atoms. The van der Waals surface area contributed by atoms with Crippen LogP contribution in [0.25, 0.3) is 0 Å². The number of amides is 1. The number of hydrazine groups is 1. The lowest BCUT2D eigenvalue weighted by atomic mass is 10.2. The highest BCUT2D eigenvalue weighted by Crippen LogP contribution is 2.38. The molecule has 120 valence electrons. The highest BCUT2D eigenvalue weighted by atomic mass is 32.2. The lowest BCUT2D eigenvalue weighted by Crippen LogP contribution is -2.35. The summed E-state index contributed by atoms with van der Waals surface area (Å²) in [5.41, 5.74) is 4.19. The molecule has 0 aliphatic carbocycles. The third-order valence-corrected chi connectivity index (χ3v) is 4.58. The molecular weight excluding hydrogens is 316 g/mol. The second kappa shape index (κ2) is 6.33. The summed E-state index contributed by atoms with van der Waals surface area (Å²) < 4.78 is 5.15. The zero-order chi connectivity index (χ0) is 16.4. The van der Waals surface area contributed by atoms with Crippen molar-refractivity contribution in [3.63, 3.8) is 0 Å². The number of aromatic nitrogens is 2. The number of H-pyrrole nitrogens is 1. The van der Waals surface area contributed by atoms with Crippen molar-refractivity contribution >= 4 is 23.6 Å². The average Bonchev–Trinajstić information content (AvgIpc) is 2.87. The molecular formula is C15H16N4O3S. The van der Waals surface area contributed by atoms with Gasteiger partial charge in [-0.2, -0.15) is 0 Å². The zero-order valence-corrected chi connectivity index (χ0v) is 13.5. The molecule has 2 heterocycles. The molecule has 1 aromatic heterocycles. The van der Waals surface area contributed by atoms with Gasteiger partial charge >= 0.3 is 0 Å². The van der Waals surface area contributed by atoms with Crippen molar-refractivity contribution in [2.45, 2.75) is 12.3 Å². The summed E-state index contributed by atoms with van der Waals surface area (Å²) in [7, 11) is 1.61. The fraction of sp³-hybridized carbons (Fsp3) is 0.267. The quantitative estimate of drug-likeness (QED) is 0.886. The second-order valence-electron chi connectivity index (χ2n) is 5.05. The smallest absolute Gasteiger partial charge is 0.252 e. The molecule has 1 aliphatic heterocycles. The lowest BCUT2D eigenvalue weighted by Gasteiger charge is -2.24. The van der Waals surface area contributed by atoms with Gasteiger partial charge in [0.25, 0.3) is 11.5 Å². The van der Waals surface area contributed by atoms with Gasteiger partial charge in [-0.3, -0.25) is 20.0 Å². The molecule has 3 rings (SSSR count). The average molecular weight is 332 g/mol. The maximum Gasteiger partial charge on any atom is 0.252 e. The Balaban J connectivity index is 1.85. The van der Waals surface area contributed by atoms with Crippen LogP contribution in [0.2, 0.25) is 0 Å². The van der Waals surface area contributed by atoms with Gasteiger partial charge in [0.2, 0.25) is 5.95 Å². The number of rotatable bonds is 4. The van der Waals surface area contributed by atoms with Crippen molar-refractivity contribution in [2.75, 3.05) is 18.3 Å². The summed E-state index contributed by atoms with van der Waals surface area (Å²) in [6.07, 6.45) is 0. The van der Waals surface area contributed by atoms with Gasteiger partial charge in [0.15, 0.2) is 0 Å². The number of nitrogens with one attached hydrogen (secondary N) is 2. The first-order valence-corrected chi connectivity index (χ1v) is 8.04. The fourth-order valence-electron chi connectivity index (χ4n) is 2.31. The molecule has 1 fully saturated rings. The fourth-order valence-corrected chi connectivity index (χ4v) is 3.41. The number of benzene rings is 1. The highest BCUT2D eigenvalue weighted by Gasteiger charge is 2.33. The number of anilines is 1. The van der Waals surface area contributed by atoms with Crippen LogP contribution in [0, 0.1) is 6.92 Å². The van der Waals surface area contributed by atoms with E-state index in [2.05, 4.69) is 15.4 Å². The summed E-state index contributed by atoms with van der Waals surface area (Å²) in [6.45, 7) is 1.72. The van der Waals surface area contributed by atoms with Crippen LogP contribution in [0.3, 0.4) is 0 Å². The molecule has 0 bridgehead atoms. The molecule has 2 aromatic rings. The van der Waals surface area contributed by atoms with E-state index >= 15 is 0 Å². The Labute approximate surface area is 137 Å². The maximum atomic E-state index is 12.2. The van der Waals surface area contributed by atoms with Gasteiger partial charge in [0.05, 0.1) is 12.9 Å². The Morgan fingerprint density at radius 1 is 1.35 bits per heavy atom. The van der Waals surface area contributed by atoms with Gasteiger partial charge in [-0.05, 0) is 24.6 Å². The van der Waals surface area contributed by atoms with Crippen molar-refractivity contribution in [2.24, 2.45) is 0 Å². The first kappa shape index (κ1) is 15.4. The first-order valence-electron chi connectivity index (χ1n) is 6.99. The SMILES string of the molecule is COc1ccc([C@@H]2SCC(=O)N2Nc2nc(C)cc(=O)[nH]2)cc1. The van der Waals surface area contributed by atoms with Gasteiger partial charge < -0.3 is 4.74 Å². The number of nitrogens with zero attached hydrogens (tertiary/aromatic N) is 2. The maximum absolute atomic E-state index is 12.2. The van der Waals surface area contributed by atoms with E-state index in [-0.39, 0.29) is 22.8 Å². The molecule has 0 unspecified atom stereocenters. The third kappa shape index (κ3) is 3.31. The van der Waals surface area contributed by atoms with Gasteiger partial charge in [0.1, 0.15) is 11.1 Å². The van der Waals surface area contributed by atoms with E-state index in [4.69, 9.17) is 4.74 Å². The number of aromatic amines is 1. The van der Waals surface area contributed by atoms with E-state index in [1.54, 1.807) is 14.0 Å². The summed E-state index contributed by atoms with van der Waals surface area (Å²) in [4.78, 5) is 30.5. The minimum Gasteiger partial charge on any atom is -0.497 e. The molecule has 1 aromatic carbocycles. The number of thioether (sulfide) groups is 1. The summed E-state index contributed by atoms with van der Waals surface area (Å²) in [6, 6.07) is 8.92. The number of ether oxygens (including phenoxy) is 1. The number of hydrogen-bond acceptors (Lipinski definition) is 6. The molecule has 1 aliphatic rings. The van der Waals surface area contributed by atoms with Crippen molar-refractivity contribution in [3.05, 3.63) is 51.9 Å². The topological polar surface area (TPSA) is 87.3 Å². The Hall–Kier alpha value is -2.48. The lowest BCUT2D eigenvalue weighted by molar-refractivity contribution is -0.126. The van der Waals surface area contributed by atoms with Crippen molar-refractivity contribution in [3.8, 4) is 5.75 Å². The summed E-state index contributed by atoms with van der Waals surface area (Å²) in [5, 5.41) is 1.30. The van der Waals surface area contributed by atoms with Gasteiger partial charge in [-0.15, -0.1) is 11.8 Å². The molecule has 8 heteroatoms. The number of carbonyl (C=O) groups excluding carboxylic acids is 1. The Kier molecular flexibility index (Phi) is 4.24. The number of aryl methyl sites for hydroxylation is 1. The van der Waals surface area contributed by atoms with Crippen molar-refractivity contribution in [1.82, 2.24) is 15.0 Å². The molecule has 1 amide bonds. The summed E-state index contributed by atoms with van der Waals surface area (Å²) in [5.74, 6) is 1.30. The molecule has 1 atom stereocenters.